The van der Waals surface area contributed by atoms with Gasteiger partial charge in [0.2, 0.25) is 0 Å². The topological polar surface area (TPSA) is 69.7 Å². The molecule has 0 radical (unpaired) electrons. The van der Waals surface area contributed by atoms with E-state index in [0.717, 1.165) is 5.56 Å². The van der Waals surface area contributed by atoms with Crippen molar-refractivity contribution in [3.63, 3.8) is 0 Å². The fourth-order valence-electron chi connectivity index (χ4n) is 3.38. The first-order valence-electron chi connectivity index (χ1n) is 9.81. The lowest BCUT2D eigenvalue weighted by Crippen LogP contribution is -2.38. The van der Waals surface area contributed by atoms with Gasteiger partial charge in [-0.25, -0.2) is 8.42 Å². The predicted molar refractivity (Wildman–Crippen MR) is 111 cm³/mol. The van der Waals surface area contributed by atoms with Crippen LogP contribution in [0.25, 0.3) is 0 Å². The highest BCUT2D eigenvalue weighted by Crippen LogP contribution is 2.20. The Bertz CT molecular complexity index is 1010. The number of halogens is 3. The Morgan fingerprint density at radius 2 is 1.61 bits per heavy atom. The number of anilines is 1. The molecule has 0 unspecified atom stereocenters. The van der Waals surface area contributed by atoms with E-state index in [1.165, 1.54) is 34.1 Å². The summed E-state index contributed by atoms with van der Waals surface area (Å²) in [5.74, 6) is -0.329. The summed E-state index contributed by atoms with van der Waals surface area (Å²) in [6.07, 6.45) is -3.83. The van der Waals surface area contributed by atoms with Gasteiger partial charge in [-0.05, 0) is 49.7 Å². The molecule has 1 saturated heterocycles. The summed E-state index contributed by atoms with van der Waals surface area (Å²) in [7, 11) is -3.81. The highest BCUT2D eigenvalue weighted by Gasteiger charge is 2.32. The molecule has 0 spiro atoms. The minimum absolute atomic E-state index is 0.0110. The number of benzene rings is 2. The highest BCUT2D eigenvalue weighted by molar-refractivity contribution is 7.92. The van der Waals surface area contributed by atoms with Crippen LogP contribution >= 0.6 is 0 Å². The molecule has 2 aromatic carbocycles. The van der Waals surface area contributed by atoms with E-state index in [2.05, 4.69) is 4.72 Å². The molecule has 1 amide bonds. The van der Waals surface area contributed by atoms with Crippen molar-refractivity contribution in [2.75, 3.05) is 37.4 Å². The molecule has 6 nitrogen and oxygen atoms in total. The van der Waals surface area contributed by atoms with Gasteiger partial charge in [0.25, 0.3) is 15.9 Å². The second-order valence-electron chi connectivity index (χ2n) is 7.53. The van der Waals surface area contributed by atoms with Crippen molar-refractivity contribution < 1.29 is 26.4 Å². The lowest BCUT2D eigenvalue weighted by atomic mass is 10.2. The van der Waals surface area contributed by atoms with E-state index in [0.29, 0.717) is 24.2 Å². The molecule has 31 heavy (non-hydrogen) atoms. The maximum Gasteiger partial charge on any atom is 0.401 e. The number of hydrogen-bond donors (Lipinski definition) is 1. The summed E-state index contributed by atoms with van der Waals surface area (Å²) in [6, 6.07) is 12.4. The Hall–Kier alpha value is -2.59. The number of aryl methyl sites for hydroxylation is 1. The summed E-state index contributed by atoms with van der Waals surface area (Å²) in [5.41, 5.74) is 1.72. The Morgan fingerprint density at radius 1 is 0.968 bits per heavy atom. The molecule has 1 aliphatic rings. The molecule has 1 fully saturated rings. The zero-order valence-corrected chi connectivity index (χ0v) is 17.8. The zero-order valence-electron chi connectivity index (χ0n) is 17.0. The van der Waals surface area contributed by atoms with Gasteiger partial charge in [0, 0.05) is 37.4 Å². The summed E-state index contributed by atoms with van der Waals surface area (Å²) >= 11 is 0. The lowest BCUT2D eigenvalue weighted by Gasteiger charge is -2.23. The molecule has 1 N–H and O–H groups in total. The van der Waals surface area contributed by atoms with Crippen LogP contribution in [0.4, 0.5) is 18.9 Å². The van der Waals surface area contributed by atoms with E-state index < -0.39 is 22.7 Å². The van der Waals surface area contributed by atoms with Crippen LogP contribution in [0.15, 0.2) is 53.4 Å². The van der Waals surface area contributed by atoms with Gasteiger partial charge in [-0.1, -0.05) is 17.7 Å². The normalized spacial score (nSPS) is 16.1. The average Bonchev–Trinajstić information content (AvgIpc) is 2.93. The van der Waals surface area contributed by atoms with Crippen molar-refractivity contribution >= 4 is 21.6 Å². The van der Waals surface area contributed by atoms with Crippen molar-refractivity contribution in [1.29, 1.82) is 0 Å². The van der Waals surface area contributed by atoms with Crippen LogP contribution in [0.2, 0.25) is 0 Å². The largest absolute Gasteiger partial charge is 0.401 e. The molecular formula is C21H24F3N3O3S. The van der Waals surface area contributed by atoms with E-state index in [1.54, 1.807) is 24.3 Å². The van der Waals surface area contributed by atoms with Gasteiger partial charge >= 0.3 is 6.18 Å². The Labute approximate surface area is 179 Å². The first kappa shape index (κ1) is 23.1. The zero-order chi connectivity index (χ0) is 22.6. The van der Waals surface area contributed by atoms with Gasteiger partial charge in [-0.3, -0.25) is 14.4 Å². The van der Waals surface area contributed by atoms with Crippen molar-refractivity contribution in [2.45, 2.75) is 24.4 Å². The third-order valence-corrected chi connectivity index (χ3v) is 6.39. The Balaban J connectivity index is 1.65. The molecule has 0 saturated carbocycles. The molecule has 3 rings (SSSR count). The van der Waals surface area contributed by atoms with Crippen LogP contribution in [0.3, 0.4) is 0 Å². The summed E-state index contributed by atoms with van der Waals surface area (Å²) < 4.78 is 65.4. The van der Waals surface area contributed by atoms with Crippen LogP contribution in [-0.4, -0.2) is 63.0 Å². The fraction of sp³-hybridized carbons (Fsp3) is 0.381. The molecule has 10 heteroatoms. The first-order chi connectivity index (χ1) is 14.5. The third kappa shape index (κ3) is 6.44. The number of sulfonamides is 1. The quantitative estimate of drug-likeness (QED) is 0.749. The number of amides is 1. The van der Waals surface area contributed by atoms with Gasteiger partial charge in [0.15, 0.2) is 0 Å². The number of carbonyl (C=O) groups is 1. The second-order valence-corrected chi connectivity index (χ2v) is 9.22. The molecule has 1 heterocycles. The van der Waals surface area contributed by atoms with Gasteiger partial charge in [0.1, 0.15) is 0 Å². The minimum Gasteiger partial charge on any atom is -0.337 e. The fourth-order valence-corrected chi connectivity index (χ4v) is 4.44. The summed E-state index contributed by atoms with van der Waals surface area (Å²) in [6.45, 7) is 1.84. The van der Waals surface area contributed by atoms with E-state index in [-0.39, 0.29) is 30.4 Å². The number of rotatable bonds is 5. The highest BCUT2D eigenvalue weighted by atomic mass is 32.2. The molecule has 2 aromatic rings. The van der Waals surface area contributed by atoms with E-state index in [1.807, 2.05) is 6.92 Å². The standard InChI is InChI=1S/C21H24F3N3O3S/c1-16-3-7-18(8-4-16)25-31(29,30)19-9-5-17(6-10-19)20(28)27-12-2-11-26(13-14-27)15-21(22,23)24/h3-10,25H,2,11-15H2,1H3. The maximum atomic E-state index is 12.7. The maximum absolute atomic E-state index is 12.7. The van der Waals surface area contributed by atoms with E-state index in [4.69, 9.17) is 0 Å². The van der Waals surface area contributed by atoms with Gasteiger partial charge in [-0.2, -0.15) is 13.2 Å². The number of alkyl halides is 3. The lowest BCUT2D eigenvalue weighted by molar-refractivity contribution is -0.145. The molecule has 0 bridgehead atoms. The first-order valence-corrected chi connectivity index (χ1v) is 11.3. The van der Waals surface area contributed by atoms with Crippen LogP contribution in [0.1, 0.15) is 22.3 Å². The summed E-state index contributed by atoms with van der Waals surface area (Å²) in [4.78, 5) is 15.6. The SMILES string of the molecule is Cc1ccc(NS(=O)(=O)c2ccc(C(=O)N3CCCN(CC(F)(F)F)CC3)cc2)cc1. The smallest absolute Gasteiger partial charge is 0.337 e. The van der Waals surface area contributed by atoms with E-state index >= 15 is 0 Å². The Kier molecular flexibility index (Phi) is 6.90. The second kappa shape index (κ2) is 9.27. The van der Waals surface area contributed by atoms with Crippen molar-refractivity contribution in [3.8, 4) is 0 Å². The minimum atomic E-state index is -4.27. The van der Waals surface area contributed by atoms with Crippen LogP contribution in [-0.2, 0) is 10.0 Å². The van der Waals surface area contributed by atoms with Crippen molar-refractivity contribution in [3.05, 3.63) is 59.7 Å². The molecule has 168 valence electrons. The van der Waals surface area contributed by atoms with Gasteiger partial charge in [0.05, 0.1) is 11.4 Å². The number of nitrogens with zero attached hydrogens (tertiary/aromatic N) is 2. The number of hydrogen-bond acceptors (Lipinski definition) is 4. The van der Waals surface area contributed by atoms with Gasteiger partial charge < -0.3 is 4.90 Å². The number of nitrogens with one attached hydrogen (secondary N) is 1. The van der Waals surface area contributed by atoms with Crippen LogP contribution < -0.4 is 4.72 Å². The monoisotopic (exact) mass is 455 g/mol. The third-order valence-electron chi connectivity index (χ3n) is 4.99. The molecule has 1 aliphatic heterocycles. The van der Waals surface area contributed by atoms with Crippen LogP contribution in [0.5, 0.6) is 0 Å². The summed E-state index contributed by atoms with van der Waals surface area (Å²) in [5, 5.41) is 0. The van der Waals surface area contributed by atoms with Crippen molar-refractivity contribution in [2.24, 2.45) is 0 Å². The Morgan fingerprint density at radius 3 is 2.23 bits per heavy atom. The van der Waals surface area contributed by atoms with Crippen molar-refractivity contribution in [1.82, 2.24) is 9.80 Å². The van der Waals surface area contributed by atoms with E-state index in [9.17, 15) is 26.4 Å². The molecule has 0 atom stereocenters. The number of carbonyl (C=O) groups excluding carboxylic acids is 1. The van der Waals surface area contributed by atoms with Gasteiger partial charge in [-0.15, -0.1) is 0 Å². The molecular weight excluding hydrogens is 431 g/mol. The average molecular weight is 456 g/mol. The molecule has 0 aromatic heterocycles. The predicted octanol–water partition coefficient (Wildman–Crippen LogP) is 3.51. The molecule has 0 aliphatic carbocycles. The van der Waals surface area contributed by atoms with Crippen LogP contribution in [0, 0.1) is 6.92 Å².